The van der Waals surface area contributed by atoms with Crippen LogP contribution in [0.2, 0.25) is 0 Å². The van der Waals surface area contributed by atoms with E-state index in [-0.39, 0.29) is 22.8 Å². The summed E-state index contributed by atoms with van der Waals surface area (Å²) in [5, 5.41) is 2.29. The molecule has 86 valence electrons. The highest BCUT2D eigenvalue weighted by molar-refractivity contribution is 8.93. The van der Waals surface area contributed by atoms with Gasteiger partial charge in [0.15, 0.2) is 5.13 Å². The maximum absolute atomic E-state index is 12.9. The molecule has 1 heterocycles. The summed E-state index contributed by atoms with van der Waals surface area (Å²) < 4.78 is 18.0. The normalized spacial score (nSPS) is 9.62. The van der Waals surface area contributed by atoms with Gasteiger partial charge in [-0.2, -0.15) is 0 Å². The van der Waals surface area contributed by atoms with Crippen LogP contribution in [0.4, 0.5) is 9.52 Å². The molecule has 2 aromatic rings. The second-order valence-electron chi connectivity index (χ2n) is 2.92. The lowest BCUT2D eigenvalue weighted by molar-refractivity contribution is 0.413. The van der Waals surface area contributed by atoms with Gasteiger partial charge in [0.25, 0.3) is 0 Å². The van der Waals surface area contributed by atoms with Gasteiger partial charge in [0, 0.05) is 17.0 Å². The molecule has 1 aromatic heterocycles. The zero-order valence-corrected chi connectivity index (χ0v) is 11.0. The third-order valence-corrected chi connectivity index (χ3v) is 2.64. The molecule has 0 bridgehead atoms. The predicted molar refractivity (Wildman–Crippen MR) is 68.8 cm³/mol. The van der Waals surface area contributed by atoms with Crippen molar-refractivity contribution in [3.8, 4) is 17.0 Å². The minimum Gasteiger partial charge on any atom is -0.496 e. The highest BCUT2D eigenvalue weighted by atomic mass is 79.9. The molecule has 0 aliphatic carbocycles. The number of thiazole rings is 1. The van der Waals surface area contributed by atoms with Crippen molar-refractivity contribution in [1.29, 1.82) is 0 Å². The lowest BCUT2D eigenvalue weighted by atomic mass is 10.1. The van der Waals surface area contributed by atoms with E-state index in [9.17, 15) is 4.39 Å². The van der Waals surface area contributed by atoms with Crippen LogP contribution in [-0.4, -0.2) is 12.1 Å². The van der Waals surface area contributed by atoms with Gasteiger partial charge < -0.3 is 10.5 Å². The van der Waals surface area contributed by atoms with Crippen LogP contribution in [0.1, 0.15) is 0 Å². The van der Waals surface area contributed by atoms with E-state index in [2.05, 4.69) is 4.98 Å². The van der Waals surface area contributed by atoms with Gasteiger partial charge in [-0.15, -0.1) is 28.3 Å². The second kappa shape index (κ2) is 5.27. The Morgan fingerprint density at radius 3 is 2.75 bits per heavy atom. The number of nitrogen functional groups attached to an aromatic ring is 1. The van der Waals surface area contributed by atoms with E-state index in [1.807, 2.05) is 5.38 Å². The topological polar surface area (TPSA) is 48.1 Å². The molecule has 2 rings (SSSR count). The molecular weight excluding hydrogens is 295 g/mol. The molecule has 0 radical (unpaired) electrons. The second-order valence-corrected chi connectivity index (χ2v) is 3.81. The first-order chi connectivity index (χ1) is 7.20. The maximum Gasteiger partial charge on any atom is 0.180 e. The van der Waals surface area contributed by atoms with Crippen molar-refractivity contribution in [3.05, 3.63) is 29.4 Å². The number of methoxy groups -OCH3 is 1. The van der Waals surface area contributed by atoms with E-state index in [1.165, 1.54) is 30.6 Å². The predicted octanol–water partition coefficient (Wildman–Crippen LogP) is 3.12. The lowest BCUT2D eigenvalue weighted by Crippen LogP contribution is -1.90. The number of nitrogens with two attached hydrogens (primary N) is 1. The average Bonchev–Trinajstić information content (AvgIpc) is 2.64. The van der Waals surface area contributed by atoms with Crippen molar-refractivity contribution in [2.24, 2.45) is 0 Å². The molecule has 2 N–H and O–H groups in total. The summed E-state index contributed by atoms with van der Waals surface area (Å²) in [4.78, 5) is 4.11. The highest BCUT2D eigenvalue weighted by Crippen LogP contribution is 2.31. The minimum atomic E-state index is -0.334. The zero-order valence-electron chi connectivity index (χ0n) is 8.44. The fourth-order valence-electron chi connectivity index (χ4n) is 1.29. The molecule has 0 spiro atoms. The Hall–Kier alpha value is -1.14. The Kier molecular flexibility index (Phi) is 4.26. The number of halogens is 2. The number of rotatable bonds is 2. The molecule has 1 aromatic carbocycles. The number of aromatic nitrogens is 1. The van der Waals surface area contributed by atoms with Crippen molar-refractivity contribution in [2.75, 3.05) is 12.8 Å². The van der Waals surface area contributed by atoms with Gasteiger partial charge >= 0.3 is 0 Å². The van der Waals surface area contributed by atoms with Crippen molar-refractivity contribution in [3.63, 3.8) is 0 Å². The fourth-order valence-corrected chi connectivity index (χ4v) is 1.85. The van der Waals surface area contributed by atoms with Crippen LogP contribution in [0.15, 0.2) is 23.6 Å². The molecule has 3 nitrogen and oxygen atoms in total. The molecule has 0 unspecified atom stereocenters. The van der Waals surface area contributed by atoms with Crippen molar-refractivity contribution >= 4 is 33.4 Å². The molecule has 0 aliphatic rings. The Balaban J connectivity index is 0.00000128. The van der Waals surface area contributed by atoms with E-state index in [4.69, 9.17) is 10.5 Å². The highest BCUT2D eigenvalue weighted by Gasteiger charge is 2.09. The summed E-state index contributed by atoms with van der Waals surface area (Å²) in [5.74, 6) is 0.124. The molecule has 0 atom stereocenters. The monoisotopic (exact) mass is 304 g/mol. The SMILES string of the molecule is Br.COc1cc(F)ccc1-c1csc(N)n1. The summed E-state index contributed by atoms with van der Waals surface area (Å²) in [7, 11) is 1.49. The van der Waals surface area contributed by atoms with Gasteiger partial charge in [-0.3, -0.25) is 0 Å². The Morgan fingerprint density at radius 1 is 1.44 bits per heavy atom. The third-order valence-electron chi connectivity index (χ3n) is 1.96. The van der Waals surface area contributed by atoms with Gasteiger partial charge in [-0.1, -0.05) is 0 Å². The summed E-state index contributed by atoms with van der Waals surface area (Å²) in [6.45, 7) is 0. The van der Waals surface area contributed by atoms with Crippen LogP contribution < -0.4 is 10.5 Å². The van der Waals surface area contributed by atoms with E-state index in [0.717, 1.165) is 5.56 Å². The van der Waals surface area contributed by atoms with Crippen molar-refractivity contribution < 1.29 is 9.13 Å². The van der Waals surface area contributed by atoms with Crippen molar-refractivity contribution in [1.82, 2.24) is 4.98 Å². The Bertz CT molecular complexity index is 489. The van der Waals surface area contributed by atoms with E-state index in [0.29, 0.717) is 16.6 Å². The van der Waals surface area contributed by atoms with Crippen molar-refractivity contribution in [2.45, 2.75) is 0 Å². The summed E-state index contributed by atoms with van der Waals surface area (Å²) in [6, 6.07) is 4.32. The van der Waals surface area contributed by atoms with Gasteiger partial charge in [0.05, 0.1) is 12.8 Å². The number of hydrogen-bond donors (Lipinski definition) is 1. The van der Waals surface area contributed by atoms with Crippen LogP contribution in [0.3, 0.4) is 0 Å². The zero-order chi connectivity index (χ0) is 10.8. The van der Waals surface area contributed by atoms with Gasteiger partial charge in [-0.25, -0.2) is 9.37 Å². The first-order valence-electron chi connectivity index (χ1n) is 4.25. The van der Waals surface area contributed by atoms with Crippen LogP contribution in [0.25, 0.3) is 11.3 Å². The molecule has 0 fully saturated rings. The molecule has 0 aliphatic heterocycles. The third kappa shape index (κ3) is 2.51. The number of benzene rings is 1. The molecule has 0 saturated carbocycles. The number of ether oxygens (including phenoxy) is 1. The fraction of sp³-hybridized carbons (Fsp3) is 0.100. The van der Waals surface area contributed by atoms with E-state index in [1.54, 1.807) is 6.07 Å². The molecular formula is C10H10BrFN2OS. The molecule has 0 saturated heterocycles. The van der Waals surface area contributed by atoms with E-state index < -0.39 is 0 Å². The molecule has 16 heavy (non-hydrogen) atoms. The number of hydrogen-bond acceptors (Lipinski definition) is 4. The quantitative estimate of drug-likeness (QED) is 0.927. The van der Waals surface area contributed by atoms with E-state index >= 15 is 0 Å². The average molecular weight is 305 g/mol. The van der Waals surface area contributed by atoms with Crippen LogP contribution in [0.5, 0.6) is 5.75 Å². The van der Waals surface area contributed by atoms with Gasteiger partial charge in [0.2, 0.25) is 0 Å². The van der Waals surface area contributed by atoms with Gasteiger partial charge in [-0.05, 0) is 12.1 Å². The van der Waals surface area contributed by atoms with Crippen LogP contribution in [-0.2, 0) is 0 Å². The maximum atomic E-state index is 12.9. The number of nitrogens with zero attached hydrogens (tertiary/aromatic N) is 1. The molecule has 6 heteroatoms. The molecule has 0 amide bonds. The van der Waals surface area contributed by atoms with Crippen LogP contribution in [0, 0.1) is 5.82 Å². The Morgan fingerprint density at radius 2 is 2.19 bits per heavy atom. The standard InChI is InChI=1S/C10H9FN2OS.BrH/c1-14-9-4-6(11)2-3-7(9)8-5-15-10(12)13-8;/h2-5H,1H3,(H2,12,13);1H. The summed E-state index contributed by atoms with van der Waals surface area (Å²) in [6.07, 6.45) is 0. The first-order valence-corrected chi connectivity index (χ1v) is 5.13. The minimum absolute atomic E-state index is 0. The summed E-state index contributed by atoms with van der Waals surface area (Å²) >= 11 is 1.34. The summed E-state index contributed by atoms with van der Waals surface area (Å²) in [5.41, 5.74) is 6.98. The first kappa shape index (κ1) is 12.9. The Labute approximate surface area is 107 Å². The smallest absolute Gasteiger partial charge is 0.180 e. The number of anilines is 1. The lowest BCUT2D eigenvalue weighted by Gasteiger charge is -2.05. The van der Waals surface area contributed by atoms with Gasteiger partial charge in [0.1, 0.15) is 11.6 Å². The van der Waals surface area contributed by atoms with Crippen LogP contribution >= 0.6 is 28.3 Å². The largest absolute Gasteiger partial charge is 0.496 e.